The lowest BCUT2D eigenvalue weighted by Crippen LogP contribution is -2.37. The Morgan fingerprint density at radius 3 is 2.48 bits per heavy atom. The first-order valence-corrected chi connectivity index (χ1v) is 9.24. The zero-order valence-corrected chi connectivity index (χ0v) is 16.2. The van der Waals surface area contributed by atoms with Gasteiger partial charge in [0.1, 0.15) is 5.76 Å². The summed E-state index contributed by atoms with van der Waals surface area (Å²) >= 11 is 0. The summed E-state index contributed by atoms with van der Waals surface area (Å²) in [5.41, 5.74) is 0.946. The summed E-state index contributed by atoms with van der Waals surface area (Å²) in [4.78, 5) is 27.5. The molecular formula is C21H28N2O4. The number of carboxylic acid groups (broad SMARTS) is 1. The van der Waals surface area contributed by atoms with Gasteiger partial charge in [0.2, 0.25) is 5.91 Å². The maximum Gasteiger partial charge on any atom is 0.303 e. The molecule has 2 rings (SSSR count). The van der Waals surface area contributed by atoms with Crippen LogP contribution in [0, 0.1) is 0 Å². The minimum Gasteiger partial charge on any atom is -0.481 e. The zero-order chi connectivity index (χ0) is 19.9. The average Bonchev–Trinajstić information content (AvgIpc) is 3.08. The van der Waals surface area contributed by atoms with Crippen molar-refractivity contribution in [3.8, 4) is 0 Å². The van der Waals surface area contributed by atoms with E-state index in [4.69, 9.17) is 9.52 Å². The fraction of sp³-hybridized carbons (Fsp3) is 0.476. The molecule has 1 aromatic heterocycles. The van der Waals surface area contributed by atoms with Crippen molar-refractivity contribution in [2.24, 2.45) is 0 Å². The molecule has 27 heavy (non-hydrogen) atoms. The van der Waals surface area contributed by atoms with Crippen molar-refractivity contribution in [3.05, 3.63) is 53.7 Å². The largest absolute Gasteiger partial charge is 0.481 e. The van der Waals surface area contributed by atoms with Gasteiger partial charge in [0.25, 0.3) is 0 Å². The molecule has 0 aliphatic heterocycles. The van der Waals surface area contributed by atoms with Gasteiger partial charge in [-0.1, -0.05) is 51.1 Å². The molecule has 0 radical (unpaired) electrons. The molecule has 0 saturated heterocycles. The molecule has 2 N–H and O–H groups in total. The van der Waals surface area contributed by atoms with Crippen molar-refractivity contribution in [1.82, 2.24) is 10.3 Å². The van der Waals surface area contributed by atoms with E-state index in [9.17, 15) is 9.59 Å². The van der Waals surface area contributed by atoms with Gasteiger partial charge in [-0.15, -0.1) is 0 Å². The number of aliphatic carboxylic acids is 1. The van der Waals surface area contributed by atoms with Crippen molar-refractivity contribution in [3.63, 3.8) is 0 Å². The molecule has 1 aromatic carbocycles. The number of amides is 1. The summed E-state index contributed by atoms with van der Waals surface area (Å²) in [5, 5.41) is 11.9. The molecule has 1 unspecified atom stereocenters. The minimum atomic E-state index is -0.864. The molecule has 0 spiro atoms. The Bertz CT molecular complexity index is 747. The highest BCUT2D eigenvalue weighted by molar-refractivity contribution is 5.76. The predicted molar refractivity (Wildman–Crippen MR) is 102 cm³/mol. The first kappa shape index (κ1) is 20.7. The number of carbonyl (C=O) groups excluding carboxylic acids is 1. The number of carboxylic acids is 1. The van der Waals surface area contributed by atoms with Crippen LogP contribution in [0.1, 0.15) is 57.2 Å². The number of benzene rings is 1. The third kappa shape index (κ3) is 7.25. The molecule has 2 aromatic rings. The molecule has 6 heteroatoms. The summed E-state index contributed by atoms with van der Waals surface area (Å²) < 4.78 is 5.71. The topological polar surface area (TPSA) is 92.4 Å². The lowest BCUT2D eigenvalue weighted by molar-refractivity contribution is -0.137. The molecule has 0 bridgehead atoms. The number of hydrogen-bond acceptors (Lipinski definition) is 4. The monoisotopic (exact) mass is 372 g/mol. The lowest BCUT2D eigenvalue weighted by Gasteiger charge is -2.18. The molecule has 1 heterocycles. The second kappa shape index (κ2) is 9.35. The van der Waals surface area contributed by atoms with Gasteiger partial charge in [0.15, 0.2) is 5.89 Å². The van der Waals surface area contributed by atoms with Crippen LogP contribution in [0.2, 0.25) is 0 Å². The summed E-state index contributed by atoms with van der Waals surface area (Å²) in [6.07, 6.45) is 3.39. The van der Waals surface area contributed by atoms with Crippen molar-refractivity contribution in [2.45, 2.75) is 64.3 Å². The van der Waals surface area contributed by atoms with Crippen LogP contribution in [-0.2, 0) is 27.8 Å². The number of aryl methyl sites for hydroxylation is 1. The number of carbonyl (C=O) groups is 2. The van der Waals surface area contributed by atoms with Gasteiger partial charge in [-0.05, 0) is 18.4 Å². The van der Waals surface area contributed by atoms with Gasteiger partial charge < -0.3 is 14.8 Å². The molecule has 146 valence electrons. The van der Waals surface area contributed by atoms with Gasteiger partial charge in [0.05, 0.1) is 6.20 Å². The van der Waals surface area contributed by atoms with E-state index in [0.29, 0.717) is 25.2 Å². The molecular weight excluding hydrogens is 344 g/mol. The Kier molecular flexibility index (Phi) is 7.16. The Morgan fingerprint density at radius 1 is 1.19 bits per heavy atom. The fourth-order valence-electron chi connectivity index (χ4n) is 2.71. The first-order valence-electron chi connectivity index (χ1n) is 9.24. The molecule has 6 nitrogen and oxygen atoms in total. The highest BCUT2D eigenvalue weighted by Crippen LogP contribution is 2.23. The molecule has 0 saturated carbocycles. The van der Waals surface area contributed by atoms with Crippen LogP contribution in [0.25, 0.3) is 0 Å². The van der Waals surface area contributed by atoms with Crippen LogP contribution < -0.4 is 5.32 Å². The minimum absolute atomic E-state index is 0.0203. The van der Waals surface area contributed by atoms with Gasteiger partial charge in [-0.25, -0.2) is 4.98 Å². The van der Waals surface area contributed by atoms with Crippen molar-refractivity contribution in [1.29, 1.82) is 0 Å². The quantitative estimate of drug-likeness (QED) is 0.703. The number of rotatable bonds is 9. The van der Waals surface area contributed by atoms with E-state index in [1.165, 1.54) is 0 Å². The third-order valence-electron chi connectivity index (χ3n) is 4.26. The SMILES string of the molecule is CC(C)(C)c1cnc(CCC(=O)NC(CCC(=O)O)Cc2ccccc2)o1. The van der Waals surface area contributed by atoms with E-state index >= 15 is 0 Å². The maximum atomic E-state index is 12.3. The standard InChI is InChI=1S/C21H28N2O4/c1-21(2,3)17-14-22-19(27-17)11-10-18(24)23-16(9-12-20(25)26)13-15-7-5-4-6-8-15/h4-8,14,16H,9-13H2,1-3H3,(H,23,24)(H,25,26). The van der Waals surface area contributed by atoms with E-state index < -0.39 is 5.97 Å². The Labute approximate surface area is 160 Å². The molecule has 0 fully saturated rings. The van der Waals surface area contributed by atoms with Crippen LogP contribution in [0.4, 0.5) is 0 Å². The highest BCUT2D eigenvalue weighted by Gasteiger charge is 2.20. The molecule has 1 amide bonds. The van der Waals surface area contributed by atoms with Crippen molar-refractivity contribution >= 4 is 11.9 Å². The molecule has 0 aliphatic rings. The van der Waals surface area contributed by atoms with E-state index in [0.717, 1.165) is 11.3 Å². The van der Waals surface area contributed by atoms with E-state index in [2.05, 4.69) is 10.3 Å². The second-order valence-electron chi connectivity index (χ2n) is 7.75. The van der Waals surface area contributed by atoms with E-state index in [-0.39, 0.29) is 30.2 Å². The normalized spacial score (nSPS) is 12.6. The Balaban J connectivity index is 1.90. The zero-order valence-electron chi connectivity index (χ0n) is 16.2. The number of aromatic nitrogens is 1. The second-order valence-corrected chi connectivity index (χ2v) is 7.75. The van der Waals surface area contributed by atoms with Crippen LogP contribution in [0.3, 0.4) is 0 Å². The number of nitrogens with one attached hydrogen (secondary N) is 1. The Hall–Kier alpha value is -2.63. The number of nitrogens with zero attached hydrogens (tertiary/aromatic N) is 1. The first-order chi connectivity index (χ1) is 12.7. The van der Waals surface area contributed by atoms with Crippen LogP contribution >= 0.6 is 0 Å². The smallest absolute Gasteiger partial charge is 0.303 e. The van der Waals surface area contributed by atoms with Crippen LogP contribution in [0.15, 0.2) is 40.9 Å². The fourth-order valence-corrected chi connectivity index (χ4v) is 2.71. The van der Waals surface area contributed by atoms with Crippen LogP contribution in [0.5, 0.6) is 0 Å². The molecule has 1 atom stereocenters. The van der Waals surface area contributed by atoms with Gasteiger partial charge in [-0.2, -0.15) is 0 Å². The lowest BCUT2D eigenvalue weighted by atomic mass is 9.94. The summed E-state index contributed by atoms with van der Waals surface area (Å²) in [5.74, 6) is 0.343. The van der Waals surface area contributed by atoms with Gasteiger partial charge >= 0.3 is 5.97 Å². The number of hydrogen-bond donors (Lipinski definition) is 2. The van der Waals surface area contributed by atoms with Crippen LogP contribution in [-0.4, -0.2) is 28.0 Å². The number of oxazole rings is 1. The molecule has 0 aliphatic carbocycles. The third-order valence-corrected chi connectivity index (χ3v) is 4.26. The average molecular weight is 372 g/mol. The van der Waals surface area contributed by atoms with Gasteiger partial charge in [0, 0.05) is 30.7 Å². The highest BCUT2D eigenvalue weighted by atomic mass is 16.4. The van der Waals surface area contributed by atoms with Gasteiger partial charge in [-0.3, -0.25) is 9.59 Å². The maximum absolute atomic E-state index is 12.3. The van der Waals surface area contributed by atoms with Crippen molar-refractivity contribution < 1.29 is 19.1 Å². The summed E-state index contributed by atoms with van der Waals surface area (Å²) in [6, 6.07) is 9.52. The summed E-state index contributed by atoms with van der Waals surface area (Å²) in [6.45, 7) is 6.13. The predicted octanol–water partition coefficient (Wildman–Crippen LogP) is 3.50. The summed E-state index contributed by atoms with van der Waals surface area (Å²) in [7, 11) is 0. The van der Waals surface area contributed by atoms with E-state index in [1.54, 1.807) is 6.20 Å². The van der Waals surface area contributed by atoms with E-state index in [1.807, 2.05) is 51.1 Å². The van der Waals surface area contributed by atoms with Crippen molar-refractivity contribution in [2.75, 3.05) is 0 Å². The Morgan fingerprint density at radius 2 is 1.89 bits per heavy atom.